The van der Waals surface area contributed by atoms with Gasteiger partial charge in [-0.05, 0) is 79.4 Å². The summed E-state index contributed by atoms with van der Waals surface area (Å²) in [6, 6.07) is 18.3. The van der Waals surface area contributed by atoms with Crippen LogP contribution in [-0.2, 0) is 6.54 Å². The first kappa shape index (κ1) is 21.8. The molecule has 1 aromatic heterocycles. The predicted octanol–water partition coefficient (Wildman–Crippen LogP) is 4.97. The number of amides is 1. The first-order valence-electron chi connectivity index (χ1n) is 10.9. The number of rotatable bonds is 5. The smallest absolute Gasteiger partial charge is 0.251 e. The topological polar surface area (TPSA) is 71.2 Å². The molecular weight excluding hydrogens is 396 g/mol. The first-order valence-corrected chi connectivity index (χ1v) is 10.9. The zero-order chi connectivity index (χ0) is 23.0. The Morgan fingerprint density at radius 3 is 2.50 bits per heavy atom. The fraction of sp³-hybridized carbons (Fsp3) is 0.259. The van der Waals surface area contributed by atoms with Crippen molar-refractivity contribution >= 4 is 17.3 Å². The summed E-state index contributed by atoms with van der Waals surface area (Å²) in [5, 5.41) is 3.05. The summed E-state index contributed by atoms with van der Waals surface area (Å²) in [6.07, 6.45) is 0. The summed E-state index contributed by atoms with van der Waals surface area (Å²) in [5.74, 6) is 0.395. The number of carbonyl (C=O) groups excluding carboxylic acids is 1. The van der Waals surface area contributed by atoms with Gasteiger partial charge in [-0.3, -0.25) is 9.69 Å². The number of anilines is 1. The average Bonchev–Trinajstić information content (AvgIpc) is 3.02. The molecule has 0 radical (unpaired) electrons. The van der Waals surface area contributed by atoms with Gasteiger partial charge in [-0.2, -0.15) is 0 Å². The van der Waals surface area contributed by atoms with Crippen molar-refractivity contribution in [1.82, 2.24) is 15.2 Å². The predicted molar refractivity (Wildman–Crippen MR) is 130 cm³/mol. The quantitative estimate of drug-likeness (QED) is 0.604. The molecule has 2 aromatic carbocycles. The van der Waals surface area contributed by atoms with Gasteiger partial charge in [-0.1, -0.05) is 43.0 Å². The number of hydrogen-bond acceptors (Lipinski definition) is 4. The highest BCUT2D eigenvalue weighted by molar-refractivity contribution is 5.94. The summed E-state index contributed by atoms with van der Waals surface area (Å²) in [4.78, 5) is 19.7. The molecule has 1 aliphatic heterocycles. The zero-order valence-corrected chi connectivity index (χ0v) is 19.1. The summed E-state index contributed by atoms with van der Waals surface area (Å²) < 4.78 is 0. The lowest BCUT2D eigenvalue weighted by atomic mass is 9.92. The third-order valence-corrected chi connectivity index (χ3v) is 6.59. The van der Waals surface area contributed by atoms with E-state index in [1.807, 2.05) is 50.2 Å². The molecule has 1 aliphatic rings. The number of aromatic nitrogens is 1. The van der Waals surface area contributed by atoms with Gasteiger partial charge in [-0.25, -0.2) is 4.98 Å². The Balaban J connectivity index is 1.60. The van der Waals surface area contributed by atoms with Crippen LogP contribution in [0.25, 0.3) is 5.57 Å². The number of aryl methyl sites for hydroxylation is 2. The second-order valence-corrected chi connectivity index (χ2v) is 8.59. The highest BCUT2D eigenvalue weighted by atomic mass is 16.1. The minimum absolute atomic E-state index is 0.0286. The molecule has 2 heterocycles. The summed E-state index contributed by atoms with van der Waals surface area (Å²) in [7, 11) is 2.11. The molecular formula is C27H30N4O. The largest absolute Gasteiger partial charge is 0.384 e. The molecule has 0 aliphatic carbocycles. The lowest BCUT2D eigenvalue weighted by Gasteiger charge is -2.26. The maximum Gasteiger partial charge on any atom is 0.251 e. The van der Waals surface area contributed by atoms with Crippen molar-refractivity contribution in [1.29, 1.82) is 0 Å². The van der Waals surface area contributed by atoms with E-state index in [1.54, 1.807) is 0 Å². The third kappa shape index (κ3) is 3.92. The van der Waals surface area contributed by atoms with Crippen LogP contribution < -0.4 is 11.1 Å². The van der Waals surface area contributed by atoms with Crippen LogP contribution in [0, 0.1) is 13.8 Å². The molecule has 2 unspecified atom stereocenters. The molecule has 2 atom stereocenters. The molecule has 5 nitrogen and oxygen atoms in total. The Morgan fingerprint density at radius 2 is 1.81 bits per heavy atom. The molecule has 32 heavy (non-hydrogen) atoms. The van der Waals surface area contributed by atoms with Crippen molar-refractivity contribution in [2.75, 3.05) is 12.8 Å². The number of benzene rings is 2. The lowest BCUT2D eigenvalue weighted by molar-refractivity contribution is 0.0950. The van der Waals surface area contributed by atoms with Gasteiger partial charge in [0.15, 0.2) is 0 Å². The number of hydrogen-bond donors (Lipinski definition) is 2. The van der Waals surface area contributed by atoms with E-state index in [-0.39, 0.29) is 18.0 Å². The van der Waals surface area contributed by atoms with Crippen LogP contribution in [-0.4, -0.2) is 22.8 Å². The fourth-order valence-electron chi connectivity index (χ4n) is 4.67. The Kier molecular flexibility index (Phi) is 5.85. The summed E-state index contributed by atoms with van der Waals surface area (Å²) >= 11 is 0. The van der Waals surface area contributed by atoms with Gasteiger partial charge in [0.2, 0.25) is 0 Å². The van der Waals surface area contributed by atoms with E-state index in [0.717, 1.165) is 33.5 Å². The Hall–Kier alpha value is -3.44. The van der Waals surface area contributed by atoms with Gasteiger partial charge < -0.3 is 11.1 Å². The van der Waals surface area contributed by atoms with Crippen LogP contribution in [0.1, 0.15) is 62.9 Å². The van der Waals surface area contributed by atoms with Crippen molar-refractivity contribution in [3.05, 3.63) is 100 Å². The van der Waals surface area contributed by atoms with Crippen LogP contribution >= 0.6 is 0 Å². The van der Waals surface area contributed by atoms with Gasteiger partial charge >= 0.3 is 0 Å². The molecule has 0 bridgehead atoms. The minimum Gasteiger partial charge on any atom is -0.384 e. The molecule has 164 valence electrons. The van der Waals surface area contributed by atoms with E-state index in [2.05, 4.69) is 54.0 Å². The number of pyridine rings is 1. The van der Waals surface area contributed by atoms with Crippen LogP contribution in [0.5, 0.6) is 0 Å². The zero-order valence-electron chi connectivity index (χ0n) is 19.1. The van der Waals surface area contributed by atoms with Crippen molar-refractivity contribution in [2.24, 2.45) is 0 Å². The molecule has 0 spiro atoms. The van der Waals surface area contributed by atoms with Gasteiger partial charge in [0, 0.05) is 23.8 Å². The monoisotopic (exact) mass is 426 g/mol. The Bertz CT molecular complexity index is 1160. The molecule has 1 amide bonds. The summed E-state index contributed by atoms with van der Waals surface area (Å²) in [6.45, 7) is 10.9. The lowest BCUT2D eigenvalue weighted by Crippen LogP contribution is -2.24. The van der Waals surface area contributed by atoms with E-state index >= 15 is 0 Å². The van der Waals surface area contributed by atoms with E-state index in [0.29, 0.717) is 17.9 Å². The van der Waals surface area contributed by atoms with Crippen molar-refractivity contribution < 1.29 is 4.79 Å². The molecule has 0 saturated carbocycles. The van der Waals surface area contributed by atoms with E-state index in [9.17, 15) is 4.79 Å². The number of nitrogen functional groups attached to an aromatic ring is 1. The number of carbonyl (C=O) groups is 1. The van der Waals surface area contributed by atoms with E-state index in [4.69, 9.17) is 5.73 Å². The maximum atomic E-state index is 13.0. The minimum atomic E-state index is -0.102. The van der Waals surface area contributed by atoms with Crippen molar-refractivity contribution in [3.8, 4) is 0 Å². The Morgan fingerprint density at radius 1 is 1.09 bits per heavy atom. The van der Waals surface area contributed by atoms with Crippen LogP contribution in [0.4, 0.5) is 5.82 Å². The average molecular weight is 427 g/mol. The number of nitrogens with one attached hydrogen (secondary N) is 1. The van der Waals surface area contributed by atoms with E-state index < -0.39 is 0 Å². The maximum absolute atomic E-state index is 13.0. The van der Waals surface area contributed by atoms with Crippen molar-refractivity contribution in [3.63, 3.8) is 0 Å². The van der Waals surface area contributed by atoms with Crippen molar-refractivity contribution in [2.45, 2.75) is 39.4 Å². The molecule has 0 fully saturated rings. The second-order valence-electron chi connectivity index (χ2n) is 8.59. The molecule has 3 N–H and O–H groups in total. The summed E-state index contributed by atoms with van der Waals surface area (Å²) in [5.41, 5.74) is 13.9. The second kappa shape index (κ2) is 8.60. The van der Waals surface area contributed by atoms with Crippen LogP contribution in [0.2, 0.25) is 0 Å². The number of nitrogens with two attached hydrogens (primary N) is 1. The highest BCUT2D eigenvalue weighted by Gasteiger charge is 2.35. The highest BCUT2D eigenvalue weighted by Crippen LogP contribution is 2.46. The molecule has 5 heteroatoms. The first-order chi connectivity index (χ1) is 15.3. The standard InChI is InChI=1S/C27H30N4O/c1-16-13-25(28)30-18(3)24(16)15-29-27(32)21-11-12-22-19(4)31(5)26(23(22)14-21)17(2)20-9-7-6-8-10-20/h6-14,19,26H,2,15H2,1,3-5H3,(H2,28,30)(H,29,32). The van der Waals surface area contributed by atoms with Crippen LogP contribution in [0.3, 0.4) is 0 Å². The van der Waals surface area contributed by atoms with Crippen LogP contribution in [0.15, 0.2) is 61.2 Å². The van der Waals surface area contributed by atoms with E-state index in [1.165, 1.54) is 5.56 Å². The van der Waals surface area contributed by atoms with Gasteiger partial charge in [0.1, 0.15) is 5.82 Å². The van der Waals surface area contributed by atoms with Gasteiger partial charge in [0.05, 0.1) is 6.04 Å². The SMILES string of the molecule is C=C(c1ccccc1)C1c2cc(C(=O)NCc3c(C)cc(N)nc3C)ccc2C(C)N1C. The van der Waals surface area contributed by atoms with Gasteiger partial charge in [0.25, 0.3) is 5.91 Å². The molecule has 3 aromatic rings. The number of nitrogens with zero attached hydrogens (tertiary/aromatic N) is 2. The normalized spacial score (nSPS) is 17.8. The Labute approximate surface area is 190 Å². The molecule has 0 saturated heterocycles. The molecule has 4 rings (SSSR count). The number of fused-ring (bicyclic) bond motifs is 1. The third-order valence-electron chi connectivity index (χ3n) is 6.59. The fourth-order valence-corrected chi connectivity index (χ4v) is 4.67. The number of likely N-dealkylation sites (N-methyl/N-ethyl adjacent to an activating group) is 1. The van der Waals surface area contributed by atoms with Gasteiger partial charge in [-0.15, -0.1) is 0 Å².